The largest absolute Gasteiger partial charge is 0.345 e. The summed E-state index contributed by atoms with van der Waals surface area (Å²) in [6.07, 6.45) is 0. The second-order valence-electron chi connectivity index (χ2n) is 4.06. The van der Waals surface area contributed by atoms with Crippen LogP contribution in [0.1, 0.15) is 28.2 Å². The summed E-state index contributed by atoms with van der Waals surface area (Å²) in [6, 6.07) is 10.6. The maximum atomic E-state index is 12.0. The van der Waals surface area contributed by atoms with Crippen LogP contribution in [0.25, 0.3) is 0 Å². The second-order valence-corrected chi connectivity index (χ2v) is 5.81. The Morgan fingerprint density at radius 1 is 1.26 bits per heavy atom. The van der Waals surface area contributed by atoms with E-state index in [1.165, 1.54) is 11.3 Å². The number of benzene rings is 1. The van der Waals surface area contributed by atoms with Crippen LogP contribution < -0.4 is 16.6 Å². The third-order valence-corrected chi connectivity index (χ3v) is 4.10. The van der Waals surface area contributed by atoms with Gasteiger partial charge in [-0.25, -0.2) is 0 Å². The predicted octanol–water partition coefficient (Wildman–Crippen LogP) is 3.18. The van der Waals surface area contributed by atoms with Crippen LogP contribution in [-0.4, -0.2) is 5.91 Å². The van der Waals surface area contributed by atoms with Crippen molar-refractivity contribution in [3.8, 4) is 0 Å². The van der Waals surface area contributed by atoms with Crippen LogP contribution in [0, 0.1) is 0 Å². The molecule has 0 saturated heterocycles. The van der Waals surface area contributed by atoms with Gasteiger partial charge in [0.05, 0.1) is 10.4 Å². The fourth-order valence-corrected chi connectivity index (χ4v) is 2.69. The minimum atomic E-state index is -0.124. The summed E-state index contributed by atoms with van der Waals surface area (Å²) >= 11 is 7.34. The normalized spacial score (nSPS) is 11.9. The van der Waals surface area contributed by atoms with Crippen LogP contribution in [0.4, 0.5) is 5.69 Å². The van der Waals surface area contributed by atoms with Crippen LogP contribution in [0.5, 0.6) is 0 Å². The first-order chi connectivity index (χ1) is 9.10. The summed E-state index contributed by atoms with van der Waals surface area (Å²) in [4.78, 5) is 13.1. The SMILES string of the molecule is CC(NC(=O)c1ccc(NN)cc1)c1ccc(Cl)s1. The first-order valence-electron chi connectivity index (χ1n) is 5.73. The van der Waals surface area contributed by atoms with Gasteiger partial charge in [0, 0.05) is 16.1 Å². The van der Waals surface area contributed by atoms with E-state index < -0.39 is 0 Å². The van der Waals surface area contributed by atoms with Crippen LogP contribution >= 0.6 is 22.9 Å². The number of nitrogen functional groups attached to an aromatic ring is 1. The van der Waals surface area contributed by atoms with Gasteiger partial charge in [0.15, 0.2) is 0 Å². The van der Waals surface area contributed by atoms with Crippen molar-refractivity contribution < 1.29 is 4.79 Å². The number of hydrazine groups is 1. The zero-order valence-corrected chi connectivity index (χ0v) is 11.9. The fourth-order valence-electron chi connectivity index (χ4n) is 1.63. The molecular weight excluding hydrogens is 282 g/mol. The Morgan fingerprint density at radius 3 is 2.47 bits per heavy atom. The fraction of sp³-hybridized carbons (Fsp3) is 0.154. The molecule has 2 aromatic rings. The van der Waals surface area contributed by atoms with E-state index in [0.717, 1.165) is 14.9 Å². The summed E-state index contributed by atoms with van der Waals surface area (Å²) in [5, 5.41) is 2.92. The number of hydrogen-bond acceptors (Lipinski definition) is 4. The minimum absolute atomic E-state index is 0.0719. The van der Waals surface area contributed by atoms with Crippen LogP contribution in [0.15, 0.2) is 36.4 Å². The topological polar surface area (TPSA) is 67.2 Å². The van der Waals surface area contributed by atoms with Crippen LogP contribution in [0.2, 0.25) is 4.34 Å². The molecule has 6 heteroatoms. The van der Waals surface area contributed by atoms with E-state index in [9.17, 15) is 4.79 Å². The summed E-state index contributed by atoms with van der Waals surface area (Å²) in [6.45, 7) is 1.93. The number of anilines is 1. The van der Waals surface area contributed by atoms with E-state index in [2.05, 4.69) is 10.7 Å². The second kappa shape index (κ2) is 6.06. The zero-order valence-electron chi connectivity index (χ0n) is 10.3. The van der Waals surface area contributed by atoms with Gasteiger partial charge in [-0.1, -0.05) is 11.6 Å². The third-order valence-electron chi connectivity index (χ3n) is 2.68. The Labute approximate surface area is 120 Å². The summed E-state index contributed by atoms with van der Waals surface area (Å²) in [5.41, 5.74) is 3.87. The van der Waals surface area contributed by atoms with E-state index in [1.807, 2.05) is 19.1 Å². The molecule has 1 heterocycles. The van der Waals surface area contributed by atoms with Crippen molar-refractivity contribution in [1.29, 1.82) is 0 Å². The molecule has 4 nitrogen and oxygen atoms in total. The third kappa shape index (κ3) is 3.47. The summed E-state index contributed by atoms with van der Waals surface area (Å²) < 4.78 is 0.717. The van der Waals surface area contributed by atoms with Crippen LogP contribution in [-0.2, 0) is 0 Å². The average molecular weight is 296 g/mol. The Balaban J connectivity index is 2.03. The maximum absolute atomic E-state index is 12.0. The van der Waals surface area contributed by atoms with Gasteiger partial charge in [-0.05, 0) is 43.3 Å². The number of amides is 1. The van der Waals surface area contributed by atoms with Gasteiger partial charge >= 0.3 is 0 Å². The van der Waals surface area contributed by atoms with Crippen molar-refractivity contribution in [2.45, 2.75) is 13.0 Å². The number of carbonyl (C=O) groups is 1. The molecule has 1 aromatic heterocycles. The molecule has 2 rings (SSSR count). The highest BCUT2D eigenvalue weighted by molar-refractivity contribution is 7.16. The monoisotopic (exact) mass is 295 g/mol. The number of carbonyl (C=O) groups excluding carboxylic acids is 1. The molecule has 0 aliphatic rings. The molecule has 0 saturated carbocycles. The molecule has 4 N–H and O–H groups in total. The Hall–Kier alpha value is -1.56. The molecule has 0 fully saturated rings. The molecule has 1 amide bonds. The molecule has 0 radical (unpaired) electrons. The minimum Gasteiger partial charge on any atom is -0.345 e. The molecule has 19 heavy (non-hydrogen) atoms. The van der Waals surface area contributed by atoms with Crippen molar-refractivity contribution in [2.75, 3.05) is 5.43 Å². The van der Waals surface area contributed by atoms with E-state index in [1.54, 1.807) is 24.3 Å². The molecule has 0 spiro atoms. The average Bonchev–Trinajstić information content (AvgIpc) is 2.85. The molecule has 100 valence electrons. The van der Waals surface area contributed by atoms with E-state index in [0.29, 0.717) is 5.56 Å². The van der Waals surface area contributed by atoms with Gasteiger partial charge < -0.3 is 10.7 Å². The molecular formula is C13H14ClN3OS. The summed E-state index contributed by atoms with van der Waals surface area (Å²) in [5.74, 6) is 5.15. The number of nitrogens with two attached hydrogens (primary N) is 1. The predicted molar refractivity (Wildman–Crippen MR) is 79.5 cm³/mol. The highest BCUT2D eigenvalue weighted by Gasteiger charge is 2.12. The van der Waals surface area contributed by atoms with Gasteiger partial charge in [-0.2, -0.15) is 0 Å². The van der Waals surface area contributed by atoms with Gasteiger partial charge in [-0.3, -0.25) is 10.6 Å². The molecule has 1 atom stereocenters. The number of hydrogen-bond donors (Lipinski definition) is 3. The lowest BCUT2D eigenvalue weighted by molar-refractivity contribution is 0.0940. The lowest BCUT2D eigenvalue weighted by Gasteiger charge is -2.12. The first-order valence-corrected chi connectivity index (χ1v) is 6.92. The number of rotatable bonds is 4. The Morgan fingerprint density at radius 2 is 1.95 bits per heavy atom. The van der Waals surface area contributed by atoms with E-state index in [4.69, 9.17) is 17.4 Å². The van der Waals surface area contributed by atoms with E-state index >= 15 is 0 Å². The number of thiophene rings is 1. The van der Waals surface area contributed by atoms with Crippen molar-refractivity contribution in [3.63, 3.8) is 0 Å². The molecule has 1 aromatic carbocycles. The Bertz CT molecular complexity index is 568. The van der Waals surface area contributed by atoms with Gasteiger partial charge in [-0.15, -0.1) is 11.3 Å². The van der Waals surface area contributed by atoms with E-state index in [-0.39, 0.29) is 11.9 Å². The first kappa shape index (κ1) is 13.9. The highest BCUT2D eigenvalue weighted by Crippen LogP contribution is 2.26. The van der Waals surface area contributed by atoms with Crippen molar-refractivity contribution >= 4 is 34.5 Å². The van der Waals surface area contributed by atoms with Crippen LogP contribution in [0.3, 0.4) is 0 Å². The molecule has 0 aliphatic carbocycles. The van der Waals surface area contributed by atoms with Crippen molar-refractivity contribution in [3.05, 3.63) is 51.2 Å². The number of nitrogens with one attached hydrogen (secondary N) is 2. The standard InChI is InChI=1S/C13H14ClN3OS/c1-8(11-6-7-12(14)19-11)16-13(18)9-2-4-10(17-15)5-3-9/h2-8,17H,15H2,1H3,(H,16,18). The molecule has 0 aliphatic heterocycles. The lowest BCUT2D eigenvalue weighted by atomic mass is 10.2. The van der Waals surface area contributed by atoms with Gasteiger partial charge in [0.1, 0.15) is 0 Å². The Kier molecular flexibility index (Phi) is 4.42. The van der Waals surface area contributed by atoms with Crippen molar-refractivity contribution in [1.82, 2.24) is 5.32 Å². The summed E-state index contributed by atoms with van der Waals surface area (Å²) in [7, 11) is 0. The molecule has 0 bridgehead atoms. The highest BCUT2D eigenvalue weighted by atomic mass is 35.5. The zero-order chi connectivity index (χ0) is 13.8. The van der Waals surface area contributed by atoms with Gasteiger partial charge in [0.25, 0.3) is 5.91 Å². The van der Waals surface area contributed by atoms with Gasteiger partial charge in [0.2, 0.25) is 0 Å². The number of halogens is 1. The quantitative estimate of drug-likeness (QED) is 0.599. The lowest BCUT2D eigenvalue weighted by Crippen LogP contribution is -2.26. The maximum Gasteiger partial charge on any atom is 0.251 e. The smallest absolute Gasteiger partial charge is 0.251 e. The molecule has 1 unspecified atom stereocenters. The van der Waals surface area contributed by atoms with Crippen molar-refractivity contribution in [2.24, 2.45) is 5.84 Å².